The van der Waals surface area contributed by atoms with E-state index in [1.165, 1.54) is 6.08 Å². The summed E-state index contributed by atoms with van der Waals surface area (Å²) < 4.78 is 44.7. The van der Waals surface area contributed by atoms with Gasteiger partial charge in [0.25, 0.3) is 5.91 Å². The first-order valence-electron chi connectivity index (χ1n) is 7.66. The van der Waals surface area contributed by atoms with Crippen molar-refractivity contribution in [2.75, 3.05) is 19.7 Å². The number of benzene rings is 1. The third kappa shape index (κ3) is 4.52. The van der Waals surface area contributed by atoms with E-state index in [2.05, 4.69) is 11.3 Å². The molecule has 1 aliphatic heterocycles. The molecule has 0 bridgehead atoms. The highest BCUT2D eigenvalue weighted by Gasteiger charge is 2.27. The zero-order chi connectivity index (χ0) is 19.3. The molecule has 1 aromatic carbocycles. The van der Waals surface area contributed by atoms with Crippen LogP contribution in [0.3, 0.4) is 0 Å². The van der Waals surface area contributed by atoms with Crippen molar-refractivity contribution in [2.45, 2.75) is 17.7 Å². The number of esters is 1. The monoisotopic (exact) mass is 384 g/mol. The smallest absolute Gasteiger partial charge is 0.338 e. The fourth-order valence-corrected chi connectivity index (χ4v) is 3.38. The van der Waals surface area contributed by atoms with Crippen molar-refractivity contribution in [2.24, 2.45) is 0 Å². The number of ether oxygens (including phenoxy) is 1. The largest absolute Gasteiger partial charge is 0.452 e. The maximum absolute atomic E-state index is 13.8. The summed E-state index contributed by atoms with van der Waals surface area (Å²) in [6, 6.07) is 2.66. The Hall–Kier alpha value is -2.59. The van der Waals surface area contributed by atoms with Gasteiger partial charge in [-0.05, 0) is 24.6 Å². The highest BCUT2D eigenvalue weighted by Crippen LogP contribution is 2.17. The molecule has 0 saturated carbocycles. The predicted molar refractivity (Wildman–Crippen MR) is 88.0 cm³/mol. The molecule has 8 nitrogen and oxygen atoms in total. The Morgan fingerprint density at radius 3 is 2.73 bits per heavy atom. The van der Waals surface area contributed by atoms with Crippen molar-refractivity contribution in [1.29, 1.82) is 0 Å². The van der Waals surface area contributed by atoms with E-state index in [1.54, 1.807) is 0 Å². The zero-order valence-electron chi connectivity index (χ0n) is 13.7. The van der Waals surface area contributed by atoms with Gasteiger partial charge in [-0.2, -0.15) is 0 Å². The zero-order valence-corrected chi connectivity index (χ0v) is 14.6. The summed E-state index contributed by atoms with van der Waals surface area (Å²) in [5.74, 6) is -3.06. The molecular formula is C16H17FN2O6S. The number of amides is 2. The second kappa shape index (κ2) is 8.19. The van der Waals surface area contributed by atoms with Gasteiger partial charge in [0.15, 0.2) is 6.61 Å². The lowest BCUT2D eigenvalue weighted by Crippen LogP contribution is -2.35. The van der Waals surface area contributed by atoms with Crippen LogP contribution in [0.1, 0.15) is 23.2 Å². The molecule has 10 heteroatoms. The first-order chi connectivity index (χ1) is 12.3. The van der Waals surface area contributed by atoms with Gasteiger partial charge in [-0.15, -0.1) is 6.58 Å². The molecule has 2 rings (SSSR count). The molecular weight excluding hydrogens is 367 g/mol. The number of hydrogen-bond donors (Lipinski definition) is 1. The van der Waals surface area contributed by atoms with Crippen molar-refractivity contribution >= 4 is 27.8 Å². The van der Waals surface area contributed by atoms with Crippen LogP contribution in [0.15, 0.2) is 35.7 Å². The van der Waals surface area contributed by atoms with E-state index >= 15 is 0 Å². The van der Waals surface area contributed by atoms with Gasteiger partial charge < -0.3 is 4.74 Å². The number of likely N-dealkylation sites (tertiary alicyclic amines) is 1. The van der Waals surface area contributed by atoms with Crippen LogP contribution in [0.25, 0.3) is 0 Å². The van der Waals surface area contributed by atoms with Crippen molar-refractivity contribution in [1.82, 2.24) is 9.62 Å². The molecule has 1 aromatic rings. The molecule has 0 radical (unpaired) electrons. The summed E-state index contributed by atoms with van der Waals surface area (Å²) in [6.45, 7) is 2.83. The number of carbonyl (C=O) groups excluding carboxylic acids is 3. The van der Waals surface area contributed by atoms with Crippen LogP contribution < -0.4 is 4.72 Å². The van der Waals surface area contributed by atoms with Gasteiger partial charge in [-0.1, -0.05) is 6.08 Å². The van der Waals surface area contributed by atoms with E-state index in [4.69, 9.17) is 4.74 Å². The van der Waals surface area contributed by atoms with Crippen molar-refractivity contribution < 1.29 is 31.9 Å². The molecule has 1 heterocycles. The van der Waals surface area contributed by atoms with E-state index in [-0.39, 0.29) is 31.0 Å². The third-order valence-electron chi connectivity index (χ3n) is 3.58. The Morgan fingerprint density at radius 1 is 1.38 bits per heavy atom. The summed E-state index contributed by atoms with van der Waals surface area (Å²) in [6.07, 6.45) is 2.09. The van der Waals surface area contributed by atoms with E-state index in [0.29, 0.717) is 6.42 Å². The quantitative estimate of drug-likeness (QED) is 0.544. The Labute approximate surface area is 149 Å². The Balaban J connectivity index is 2.09. The van der Waals surface area contributed by atoms with Gasteiger partial charge in [-0.25, -0.2) is 22.3 Å². The number of hydrogen-bond acceptors (Lipinski definition) is 6. The van der Waals surface area contributed by atoms with E-state index in [9.17, 15) is 27.2 Å². The minimum Gasteiger partial charge on any atom is -0.452 e. The molecule has 0 aliphatic carbocycles. The summed E-state index contributed by atoms with van der Waals surface area (Å²) in [4.78, 5) is 35.6. The molecule has 26 heavy (non-hydrogen) atoms. The number of sulfonamides is 1. The van der Waals surface area contributed by atoms with Gasteiger partial charge in [0.1, 0.15) is 10.7 Å². The fraction of sp³-hybridized carbons (Fsp3) is 0.312. The topological polar surface area (TPSA) is 110 Å². The lowest BCUT2D eigenvalue weighted by Gasteiger charge is -2.13. The summed E-state index contributed by atoms with van der Waals surface area (Å²) in [7, 11) is -4.18. The first-order valence-corrected chi connectivity index (χ1v) is 9.15. The summed E-state index contributed by atoms with van der Waals surface area (Å²) >= 11 is 0. The van der Waals surface area contributed by atoms with Crippen LogP contribution in [0.2, 0.25) is 0 Å². The van der Waals surface area contributed by atoms with Crippen LogP contribution in [-0.2, 0) is 24.3 Å². The minimum atomic E-state index is -4.18. The average Bonchev–Trinajstić information content (AvgIpc) is 3.04. The lowest BCUT2D eigenvalue weighted by atomic mass is 10.2. The fourth-order valence-electron chi connectivity index (χ4n) is 2.28. The molecule has 140 valence electrons. The highest BCUT2D eigenvalue weighted by atomic mass is 32.2. The molecule has 1 aliphatic rings. The molecule has 2 amide bonds. The standard InChI is InChI=1S/C16H17FN2O6S/c1-2-7-18-26(23,24)13-9-11(5-6-12(13)17)16(22)25-10-15(21)19-8-3-4-14(19)20/h2,5-6,9,18H,1,3-4,7-8,10H2. The predicted octanol–water partition coefficient (Wildman–Crippen LogP) is 0.596. The Morgan fingerprint density at radius 2 is 2.12 bits per heavy atom. The van der Waals surface area contributed by atoms with Crippen molar-refractivity contribution in [3.8, 4) is 0 Å². The molecule has 0 atom stereocenters. The van der Waals surface area contributed by atoms with Crippen molar-refractivity contribution in [3.63, 3.8) is 0 Å². The Bertz CT molecular complexity index is 852. The number of nitrogens with one attached hydrogen (secondary N) is 1. The van der Waals surface area contributed by atoms with E-state index in [0.717, 1.165) is 23.1 Å². The highest BCUT2D eigenvalue weighted by molar-refractivity contribution is 7.89. The first kappa shape index (κ1) is 19.7. The molecule has 1 N–H and O–H groups in total. The van der Waals surface area contributed by atoms with Crippen LogP contribution >= 0.6 is 0 Å². The molecule has 0 aromatic heterocycles. The molecule has 0 spiro atoms. The van der Waals surface area contributed by atoms with Gasteiger partial charge in [0, 0.05) is 19.5 Å². The number of imide groups is 1. The summed E-state index contributed by atoms with van der Waals surface area (Å²) in [5.41, 5.74) is -0.245. The van der Waals surface area contributed by atoms with Crippen molar-refractivity contribution in [3.05, 3.63) is 42.2 Å². The number of rotatable bonds is 7. The summed E-state index contributed by atoms with van der Waals surface area (Å²) in [5, 5.41) is 0. The second-order valence-electron chi connectivity index (χ2n) is 5.40. The van der Waals surface area contributed by atoms with E-state index < -0.39 is 39.2 Å². The van der Waals surface area contributed by atoms with Gasteiger partial charge in [0.05, 0.1) is 5.56 Å². The normalized spacial score (nSPS) is 14.3. The molecule has 0 unspecified atom stereocenters. The number of carbonyl (C=O) groups is 3. The second-order valence-corrected chi connectivity index (χ2v) is 7.14. The van der Waals surface area contributed by atoms with Gasteiger partial charge >= 0.3 is 5.97 Å². The number of nitrogens with zero attached hydrogens (tertiary/aromatic N) is 1. The van der Waals surface area contributed by atoms with Crippen LogP contribution in [0.5, 0.6) is 0 Å². The maximum Gasteiger partial charge on any atom is 0.338 e. The van der Waals surface area contributed by atoms with E-state index in [1.807, 2.05) is 0 Å². The lowest BCUT2D eigenvalue weighted by molar-refractivity contribution is -0.143. The van der Waals surface area contributed by atoms with Crippen LogP contribution in [0.4, 0.5) is 4.39 Å². The third-order valence-corrected chi connectivity index (χ3v) is 5.01. The van der Waals surface area contributed by atoms with Gasteiger partial charge in [0.2, 0.25) is 15.9 Å². The molecule has 1 fully saturated rings. The minimum absolute atomic E-state index is 0.116. The number of halogens is 1. The van der Waals surface area contributed by atoms with Crippen LogP contribution in [0, 0.1) is 5.82 Å². The average molecular weight is 384 g/mol. The molecule has 1 saturated heterocycles. The van der Waals surface area contributed by atoms with Crippen LogP contribution in [-0.4, -0.2) is 50.8 Å². The maximum atomic E-state index is 13.8. The van der Waals surface area contributed by atoms with Gasteiger partial charge in [-0.3, -0.25) is 14.5 Å². The SMILES string of the molecule is C=CCNS(=O)(=O)c1cc(C(=O)OCC(=O)N2CCCC2=O)ccc1F. The Kier molecular flexibility index (Phi) is 6.22.